The van der Waals surface area contributed by atoms with Gasteiger partial charge in [0.25, 0.3) is 0 Å². The van der Waals surface area contributed by atoms with E-state index in [0.717, 1.165) is 44.8 Å². The summed E-state index contributed by atoms with van der Waals surface area (Å²) in [6, 6.07) is 2.97. The van der Waals surface area contributed by atoms with Gasteiger partial charge >= 0.3 is 0 Å². The van der Waals surface area contributed by atoms with Crippen LogP contribution in [0.15, 0.2) is 30.9 Å². The second kappa shape index (κ2) is 7.58. The molecule has 2 atom stereocenters. The van der Waals surface area contributed by atoms with E-state index in [9.17, 15) is 13.9 Å². The van der Waals surface area contributed by atoms with Crippen molar-refractivity contribution >= 4 is 0 Å². The Balaban J connectivity index is 1.98. The predicted molar refractivity (Wildman–Crippen MR) is 89.8 cm³/mol. The number of rotatable bonds is 5. The second-order valence-electron chi connectivity index (χ2n) is 6.77. The van der Waals surface area contributed by atoms with Crippen molar-refractivity contribution in [1.82, 2.24) is 19.7 Å². The minimum Gasteiger partial charge on any atom is -0.381 e. The molecule has 0 unspecified atom stereocenters. The van der Waals surface area contributed by atoms with E-state index in [0.29, 0.717) is 0 Å². The van der Waals surface area contributed by atoms with Crippen LogP contribution in [0.25, 0.3) is 0 Å². The number of hydrogen-bond acceptors (Lipinski definition) is 4. The van der Waals surface area contributed by atoms with Gasteiger partial charge in [0.05, 0.1) is 6.54 Å². The van der Waals surface area contributed by atoms with E-state index in [1.807, 2.05) is 6.92 Å². The van der Waals surface area contributed by atoms with E-state index >= 15 is 0 Å². The monoisotopic (exact) mass is 350 g/mol. The third kappa shape index (κ3) is 3.88. The number of likely N-dealkylation sites (tertiary alicyclic amines) is 1. The summed E-state index contributed by atoms with van der Waals surface area (Å²) in [5.41, 5.74) is -1.46. The molecule has 0 aliphatic carbocycles. The average molecular weight is 350 g/mol. The van der Waals surface area contributed by atoms with Crippen molar-refractivity contribution in [3.05, 3.63) is 48.1 Å². The molecule has 25 heavy (non-hydrogen) atoms. The van der Waals surface area contributed by atoms with Gasteiger partial charge in [-0.05, 0) is 38.9 Å². The Kier molecular flexibility index (Phi) is 5.44. The molecule has 1 aliphatic rings. The van der Waals surface area contributed by atoms with Crippen molar-refractivity contribution < 1.29 is 13.9 Å². The van der Waals surface area contributed by atoms with Gasteiger partial charge in [-0.1, -0.05) is 18.9 Å². The van der Waals surface area contributed by atoms with Crippen molar-refractivity contribution in [3.63, 3.8) is 0 Å². The third-order valence-electron chi connectivity index (χ3n) is 5.15. The summed E-state index contributed by atoms with van der Waals surface area (Å²) in [6.07, 6.45) is 7.29. The Hall–Kier alpha value is -1.86. The topological polar surface area (TPSA) is 54.2 Å². The molecule has 1 aromatic heterocycles. The molecular weight excluding hydrogens is 326 g/mol. The van der Waals surface area contributed by atoms with Crippen LogP contribution in [-0.4, -0.2) is 43.9 Å². The van der Waals surface area contributed by atoms with E-state index in [4.69, 9.17) is 0 Å². The number of hydrogen-bond donors (Lipinski definition) is 1. The molecular formula is C18H24F2N4O. The van der Waals surface area contributed by atoms with Crippen LogP contribution in [0.4, 0.5) is 8.78 Å². The lowest BCUT2D eigenvalue weighted by atomic mass is 9.85. The molecule has 136 valence electrons. The molecule has 5 nitrogen and oxygen atoms in total. The number of benzene rings is 1. The van der Waals surface area contributed by atoms with Gasteiger partial charge in [-0.2, -0.15) is 5.10 Å². The summed E-state index contributed by atoms with van der Waals surface area (Å²) in [5, 5.41) is 15.6. The predicted octanol–water partition coefficient (Wildman–Crippen LogP) is 2.71. The lowest BCUT2D eigenvalue weighted by molar-refractivity contribution is -0.0630. The number of aromatic nitrogens is 3. The minimum absolute atomic E-state index is 0.0488. The Labute approximate surface area is 146 Å². The summed E-state index contributed by atoms with van der Waals surface area (Å²) in [5.74, 6) is -1.41. The second-order valence-corrected chi connectivity index (χ2v) is 6.77. The maximum atomic E-state index is 14.5. The Morgan fingerprint density at radius 2 is 1.92 bits per heavy atom. The molecule has 7 heteroatoms. The van der Waals surface area contributed by atoms with Crippen LogP contribution < -0.4 is 0 Å². The summed E-state index contributed by atoms with van der Waals surface area (Å²) in [7, 11) is 0. The van der Waals surface area contributed by atoms with E-state index in [1.165, 1.54) is 29.5 Å². The maximum absolute atomic E-state index is 14.5. The molecule has 0 bridgehead atoms. The molecule has 0 spiro atoms. The fourth-order valence-electron chi connectivity index (χ4n) is 3.63. The van der Waals surface area contributed by atoms with Crippen molar-refractivity contribution in [3.8, 4) is 0 Å². The molecule has 2 aromatic rings. The zero-order valence-corrected chi connectivity index (χ0v) is 14.4. The highest BCUT2D eigenvalue weighted by atomic mass is 19.1. The fraction of sp³-hybridized carbons (Fsp3) is 0.556. The minimum atomic E-state index is -1.55. The van der Waals surface area contributed by atoms with Crippen molar-refractivity contribution in [1.29, 1.82) is 0 Å². The zero-order valence-electron chi connectivity index (χ0n) is 14.4. The van der Waals surface area contributed by atoms with Gasteiger partial charge in [-0.25, -0.2) is 18.4 Å². The van der Waals surface area contributed by atoms with Gasteiger partial charge in [0.2, 0.25) is 0 Å². The SMILES string of the molecule is C[C@@H](N1CCCCCC1)[C@](O)(Cn1cncn1)c1ccc(F)cc1F. The molecule has 1 saturated heterocycles. The van der Waals surface area contributed by atoms with Crippen LogP contribution in [0.3, 0.4) is 0 Å². The lowest BCUT2D eigenvalue weighted by Gasteiger charge is -2.41. The Morgan fingerprint density at radius 3 is 2.52 bits per heavy atom. The number of aliphatic hydroxyl groups is 1. The zero-order chi connectivity index (χ0) is 17.9. The highest BCUT2D eigenvalue weighted by Crippen LogP contribution is 2.33. The maximum Gasteiger partial charge on any atom is 0.137 e. The van der Waals surface area contributed by atoms with Crippen LogP contribution in [0.5, 0.6) is 0 Å². The molecule has 0 saturated carbocycles. The van der Waals surface area contributed by atoms with Crippen LogP contribution in [0, 0.1) is 11.6 Å². The first-order valence-corrected chi connectivity index (χ1v) is 8.75. The molecule has 1 fully saturated rings. The van der Waals surface area contributed by atoms with Crippen molar-refractivity contribution in [2.24, 2.45) is 0 Å². The summed E-state index contributed by atoms with van der Waals surface area (Å²) >= 11 is 0. The van der Waals surface area contributed by atoms with E-state index < -0.39 is 17.2 Å². The van der Waals surface area contributed by atoms with E-state index in [1.54, 1.807) is 0 Å². The van der Waals surface area contributed by atoms with Crippen LogP contribution in [0.1, 0.15) is 38.2 Å². The summed E-state index contributed by atoms with van der Waals surface area (Å²) < 4.78 is 29.4. The number of nitrogens with zero attached hydrogens (tertiary/aromatic N) is 4. The molecule has 1 aromatic carbocycles. The third-order valence-corrected chi connectivity index (χ3v) is 5.15. The normalized spacial score (nSPS) is 20.0. The lowest BCUT2D eigenvalue weighted by Crippen LogP contribution is -2.52. The summed E-state index contributed by atoms with van der Waals surface area (Å²) in [4.78, 5) is 6.08. The van der Waals surface area contributed by atoms with Gasteiger partial charge in [-0.3, -0.25) is 4.90 Å². The van der Waals surface area contributed by atoms with Crippen LogP contribution in [0.2, 0.25) is 0 Å². The van der Waals surface area contributed by atoms with Gasteiger partial charge in [0, 0.05) is 17.7 Å². The fourth-order valence-corrected chi connectivity index (χ4v) is 3.63. The highest BCUT2D eigenvalue weighted by molar-refractivity contribution is 5.27. The van der Waals surface area contributed by atoms with Gasteiger partial charge in [0.1, 0.15) is 29.9 Å². The average Bonchev–Trinajstić information content (AvgIpc) is 2.93. The van der Waals surface area contributed by atoms with Gasteiger partial charge < -0.3 is 5.11 Å². The largest absolute Gasteiger partial charge is 0.381 e. The first-order chi connectivity index (χ1) is 12.0. The molecule has 0 radical (unpaired) electrons. The molecule has 3 rings (SSSR count). The Morgan fingerprint density at radius 1 is 1.20 bits per heavy atom. The standard InChI is InChI=1S/C18H24F2N4O/c1-14(23-8-4-2-3-5-9-23)18(25,11-24-13-21-12-22-24)16-7-6-15(19)10-17(16)20/h6-7,10,12-14,25H,2-5,8-9,11H2,1H3/t14-,18-/m1/s1. The van der Waals surface area contributed by atoms with Crippen molar-refractivity contribution in [2.75, 3.05) is 13.1 Å². The number of halogens is 2. The van der Waals surface area contributed by atoms with Crippen molar-refractivity contribution in [2.45, 2.75) is 50.8 Å². The molecule has 1 N–H and O–H groups in total. The Bertz CT molecular complexity index is 686. The van der Waals surface area contributed by atoms with Gasteiger partial charge in [-0.15, -0.1) is 0 Å². The summed E-state index contributed by atoms with van der Waals surface area (Å²) in [6.45, 7) is 3.64. The first kappa shape index (κ1) is 17.9. The van der Waals surface area contributed by atoms with Crippen LogP contribution >= 0.6 is 0 Å². The van der Waals surface area contributed by atoms with E-state index in [-0.39, 0.29) is 18.2 Å². The first-order valence-electron chi connectivity index (χ1n) is 8.75. The smallest absolute Gasteiger partial charge is 0.137 e. The quantitative estimate of drug-likeness (QED) is 0.901. The van der Waals surface area contributed by atoms with Crippen LogP contribution in [-0.2, 0) is 12.1 Å². The van der Waals surface area contributed by atoms with E-state index in [2.05, 4.69) is 15.0 Å². The molecule has 2 heterocycles. The highest BCUT2D eigenvalue weighted by Gasteiger charge is 2.41. The molecule has 0 amide bonds. The van der Waals surface area contributed by atoms with Gasteiger partial charge in [0.15, 0.2) is 0 Å². The molecule has 1 aliphatic heterocycles.